The fraction of sp³-hybridized carbons (Fsp3) is 1.00. The van der Waals surface area contributed by atoms with Crippen molar-refractivity contribution >= 4 is 10.1 Å². The first-order valence-corrected chi connectivity index (χ1v) is 5.43. The third-order valence-corrected chi connectivity index (χ3v) is 2.40. The van der Waals surface area contributed by atoms with E-state index in [2.05, 4.69) is 4.18 Å². The predicted octanol–water partition coefficient (Wildman–Crippen LogP) is 1.16. The van der Waals surface area contributed by atoms with Crippen LogP contribution in [0.2, 0.25) is 0 Å². The Morgan fingerprint density at radius 1 is 1.46 bits per heavy atom. The Bertz CT molecular complexity index is 282. The van der Waals surface area contributed by atoms with E-state index in [0.717, 1.165) is 6.26 Å². The van der Waals surface area contributed by atoms with Gasteiger partial charge in [0.05, 0.1) is 18.8 Å². The molecule has 0 aliphatic heterocycles. The van der Waals surface area contributed by atoms with Gasteiger partial charge in [0, 0.05) is 0 Å². The fourth-order valence-corrected chi connectivity index (χ4v) is 1.47. The molecule has 0 amide bonds. The minimum atomic E-state index is -4.22. The predicted molar refractivity (Wildman–Crippen MR) is 38.4 cm³/mol. The van der Waals surface area contributed by atoms with Gasteiger partial charge in [-0.3, -0.25) is 4.18 Å². The number of hydrogen-bond donors (Lipinski definition) is 0. The zero-order valence-electron chi connectivity index (χ0n) is 6.84. The van der Waals surface area contributed by atoms with Gasteiger partial charge in [0.1, 0.15) is 0 Å². The van der Waals surface area contributed by atoms with E-state index in [-0.39, 0.29) is 13.0 Å². The van der Waals surface area contributed by atoms with Crippen LogP contribution in [0.5, 0.6) is 0 Å². The maximum Gasteiger partial charge on any atom is 0.392 e. The van der Waals surface area contributed by atoms with Gasteiger partial charge < -0.3 is 0 Å². The van der Waals surface area contributed by atoms with Crippen LogP contribution in [0, 0.1) is 11.8 Å². The Labute approximate surface area is 74.0 Å². The summed E-state index contributed by atoms with van der Waals surface area (Å²) in [6, 6.07) is 0. The Morgan fingerprint density at radius 3 is 2.31 bits per heavy atom. The SMILES string of the molecule is CS(=O)(=O)OC[C@H]1CC1C(F)(F)F. The van der Waals surface area contributed by atoms with Crippen molar-refractivity contribution in [2.24, 2.45) is 11.8 Å². The minimum absolute atomic E-state index is 0.0288. The molecule has 0 aromatic carbocycles. The van der Waals surface area contributed by atoms with Crippen molar-refractivity contribution < 1.29 is 25.8 Å². The van der Waals surface area contributed by atoms with Crippen LogP contribution >= 0.6 is 0 Å². The highest BCUT2D eigenvalue weighted by Gasteiger charge is 2.55. The van der Waals surface area contributed by atoms with Gasteiger partial charge in [-0.05, 0) is 12.3 Å². The molecule has 0 heterocycles. The van der Waals surface area contributed by atoms with E-state index in [4.69, 9.17) is 0 Å². The molecule has 3 nitrogen and oxygen atoms in total. The van der Waals surface area contributed by atoms with Gasteiger partial charge in [-0.1, -0.05) is 0 Å². The van der Waals surface area contributed by atoms with Gasteiger partial charge in [-0.2, -0.15) is 21.6 Å². The summed E-state index contributed by atoms with van der Waals surface area (Å²) in [5.41, 5.74) is 0. The topological polar surface area (TPSA) is 43.4 Å². The molecule has 0 aromatic rings. The molecular weight excluding hydrogens is 209 g/mol. The Balaban J connectivity index is 2.30. The van der Waals surface area contributed by atoms with Crippen LogP contribution in [0.3, 0.4) is 0 Å². The molecule has 7 heteroatoms. The number of rotatable bonds is 3. The summed E-state index contributed by atoms with van der Waals surface area (Å²) in [7, 11) is -3.62. The molecule has 78 valence electrons. The van der Waals surface area contributed by atoms with E-state index in [1.807, 2.05) is 0 Å². The normalized spacial score (nSPS) is 28.9. The zero-order valence-corrected chi connectivity index (χ0v) is 7.65. The molecule has 1 saturated carbocycles. The lowest BCUT2D eigenvalue weighted by molar-refractivity contribution is -0.151. The Kier molecular flexibility index (Phi) is 2.59. The molecule has 1 fully saturated rings. The van der Waals surface area contributed by atoms with Gasteiger partial charge in [-0.25, -0.2) is 0 Å². The van der Waals surface area contributed by atoms with Crippen LogP contribution in [0.15, 0.2) is 0 Å². The van der Waals surface area contributed by atoms with Crippen molar-refractivity contribution in [1.82, 2.24) is 0 Å². The zero-order chi connectivity index (χ0) is 10.3. The molecule has 1 aliphatic carbocycles. The molecule has 2 atom stereocenters. The van der Waals surface area contributed by atoms with Gasteiger partial charge in [0.2, 0.25) is 0 Å². The van der Waals surface area contributed by atoms with Crippen LogP contribution in [0.1, 0.15) is 6.42 Å². The molecule has 1 rings (SSSR count). The van der Waals surface area contributed by atoms with Crippen LogP contribution in [-0.4, -0.2) is 27.5 Å². The highest BCUT2D eigenvalue weighted by Crippen LogP contribution is 2.50. The summed E-state index contributed by atoms with van der Waals surface area (Å²) in [6.07, 6.45) is -3.43. The lowest BCUT2D eigenvalue weighted by Crippen LogP contribution is -2.14. The number of alkyl halides is 3. The van der Waals surface area contributed by atoms with Crippen molar-refractivity contribution in [2.45, 2.75) is 12.6 Å². The molecular formula is C6H9F3O3S. The molecule has 0 aromatic heterocycles. The first-order chi connectivity index (χ1) is 5.70. The molecule has 0 radical (unpaired) electrons. The highest BCUT2D eigenvalue weighted by molar-refractivity contribution is 7.85. The first-order valence-electron chi connectivity index (χ1n) is 3.61. The Hall–Kier alpha value is -0.300. The summed E-state index contributed by atoms with van der Waals surface area (Å²) in [4.78, 5) is 0. The first kappa shape index (κ1) is 10.8. The van der Waals surface area contributed by atoms with Gasteiger partial charge in [0.25, 0.3) is 10.1 Å². The van der Waals surface area contributed by atoms with Crippen LogP contribution in [0.25, 0.3) is 0 Å². The summed E-state index contributed by atoms with van der Waals surface area (Å²) < 4.78 is 60.8. The van der Waals surface area contributed by atoms with E-state index < -0.39 is 28.1 Å². The van der Waals surface area contributed by atoms with Crippen LogP contribution in [0.4, 0.5) is 13.2 Å². The summed E-state index contributed by atoms with van der Waals surface area (Å²) in [5, 5.41) is 0. The van der Waals surface area contributed by atoms with Crippen molar-refractivity contribution in [3.05, 3.63) is 0 Å². The second-order valence-corrected chi connectivity index (χ2v) is 4.78. The summed E-state index contributed by atoms with van der Waals surface area (Å²) in [6.45, 7) is -0.358. The van der Waals surface area contributed by atoms with Gasteiger partial charge >= 0.3 is 6.18 Å². The molecule has 1 unspecified atom stereocenters. The maximum atomic E-state index is 11.9. The highest BCUT2D eigenvalue weighted by atomic mass is 32.2. The van der Waals surface area contributed by atoms with Gasteiger partial charge in [-0.15, -0.1) is 0 Å². The van der Waals surface area contributed by atoms with E-state index >= 15 is 0 Å². The third kappa shape index (κ3) is 3.51. The summed E-state index contributed by atoms with van der Waals surface area (Å²) in [5.74, 6) is -2.07. The summed E-state index contributed by atoms with van der Waals surface area (Å²) >= 11 is 0. The average molecular weight is 218 g/mol. The second-order valence-electron chi connectivity index (χ2n) is 3.13. The monoisotopic (exact) mass is 218 g/mol. The van der Waals surface area contributed by atoms with Crippen molar-refractivity contribution in [3.8, 4) is 0 Å². The smallest absolute Gasteiger partial charge is 0.270 e. The standard InChI is InChI=1S/C6H9F3O3S/c1-13(10,11)12-3-4-2-5(4)6(7,8)9/h4-5H,2-3H2,1H3/t4-,5?/m1/s1. The average Bonchev–Trinajstić information content (AvgIpc) is 2.57. The lowest BCUT2D eigenvalue weighted by Gasteiger charge is -2.04. The van der Waals surface area contributed by atoms with Crippen molar-refractivity contribution in [2.75, 3.05) is 12.9 Å². The molecule has 0 bridgehead atoms. The van der Waals surface area contributed by atoms with E-state index in [0.29, 0.717) is 0 Å². The Morgan fingerprint density at radius 2 is 2.00 bits per heavy atom. The largest absolute Gasteiger partial charge is 0.392 e. The number of halogens is 3. The minimum Gasteiger partial charge on any atom is -0.270 e. The van der Waals surface area contributed by atoms with E-state index in [9.17, 15) is 21.6 Å². The molecule has 13 heavy (non-hydrogen) atoms. The third-order valence-electron chi connectivity index (χ3n) is 1.84. The van der Waals surface area contributed by atoms with Crippen molar-refractivity contribution in [1.29, 1.82) is 0 Å². The maximum absolute atomic E-state index is 11.9. The quantitative estimate of drug-likeness (QED) is 0.667. The van der Waals surface area contributed by atoms with E-state index in [1.54, 1.807) is 0 Å². The van der Waals surface area contributed by atoms with Gasteiger partial charge in [0.15, 0.2) is 0 Å². The van der Waals surface area contributed by atoms with E-state index in [1.165, 1.54) is 0 Å². The lowest BCUT2D eigenvalue weighted by atomic mass is 10.3. The second kappa shape index (κ2) is 3.13. The number of hydrogen-bond acceptors (Lipinski definition) is 3. The fourth-order valence-electron chi connectivity index (χ4n) is 1.04. The molecule has 0 N–H and O–H groups in total. The van der Waals surface area contributed by atoms with Crippen LogP contribution < -0.4 is 0 Å². The van der Waals surface area contributed by atoms with Crippen LogP contribution in [-0.2, 0) is 14.3 Å². The molecule has 0 spiro atoms. The van der Waals surface area contributed by atoms with Crippen molar-refractivity contribution in [3.63, 3.8) is 0 Å². The molecule has 0 saturated heterocycles. The molecule has 1 aliphatic rings.